The summed E-state index contributed by atoms with van der Waals surface area (Å²) in [5.74, 6) is 0.837. The topological polar surface area (TPSA) is 17.1 Å². The second-order valence-corrected chi connectivity index (χ2v) is 6.72. The fourth-order valence-electron chi connectivity index (χ4n) is 1.56. The lowest BCUT2D eigenvalue weighted by molar-refractivity contribution is -0.112. The van der Waals surface area contributed by atoms with Crippen LogP contribution in [0.15, 0.2) is 12.2 Å². The van der Waals surface area contributed by atoms with Gasteiger partial charge in [0.05, 0.1) is 0 Å². The van der Waals surface area contributed by atoms with E-state index in [1.807, 2.05) is 17.8 Å². The number of carbonyl (C=O) groups excluding carboxylic acids is 1. The summed E-state index contributed by atoms with van der Waals surface area (Å²) in [5.41, 5.74) is 0. The van der Waals surface area contributed by atoms with Crippen LogP contribution in [0.5, 0.6) is 0 Å². The minimum absolute atomic E-state index is 0.149. The van der Waals surface area contributed by atoms with Gasteiger partial charge in [-0.05, 0) is 38.0 Å². The molecule has 0 spiro atoms. The average Bonchev–Trinajstić information content (AvgIpc) is 2.17. The molecule has 0 radical (unpaired) electrons. The number of hydrogen-bond acceptors (Lipinski definition) is 2. The molecule has 94 valence electrons. The summed E-state index contributed by atoms with van der Waals surface area (Å²) in [7, 11) is 0. The van der Waals surface area contributed by atoms with Gasteiger partial charge < -0.3 is 0 Å². The summed E-state index contributed by atoms with van der Waals surface area (Å²) in [4.78, 5) is 10.7. The normalized spacial score (nSPS) is 14.3. The van der Waals surface area contributed by atoms with Crippen molar-refractivity contribution in [2.24, 2.45) is 5.92 Å². The molecular formula is C14H26OS. The third kappa shape index (κ3) is 9.02. The number of rotatable bonds is 8. The predicted octanol–water partition coefficient (Wildman–Crippen LogP) is 4.47. The molecule has 0 amide bonds. The maximum atomic E-state index is 10.7. The van der Waals surface area contributed by atoms with Gasteiger partial charge in [-0.2, -0.15) is 11.8 Å². The van der Waals surface area contributed by atoms with Crippen molar-refractivity contribution in [1.82, 2.24) is 0 Å². The standard InChI is InChI=1S/C14H26OS/c1-12(8-6-10-13(2)15)9-7-11-14(3,4)16-5/h6,10,12H,7-9,11H2,1-5H3/b10-6+. The predicted molar refractivity (Wildman–Crippen MR) is 75.0 cm³/mol. The molecule has 0 aromatic rings. The van der Waals surface area contributed by atoms with Gasteiger partial charge in [-0.15, -0.1) is 0 Å². The Labute approximate surface area is 105 Å². The minimum atomic E-state index is 0.149. The van der Waals surface area contributed by atoms with Crippen molar-refractivity contribution < 1.29 is 4.79 Å². The minimum Gasteiger partial charge on any atom is -0.295 e. The van der Waals surface area contributed by atoms with Crippen LogP contribution in [0, 0.1) is 5.92 Å². The SMILES string of the molecule is CSC(C)(C)CCCC(C)C/C=C/C(C)=O. The van der Waals surface area contributed by atoms with Crippen LogP contribution in [0.3, 0.4) is 0 Å². The molecule has 0 aromatic heterocycles. The summed E-state index contributed by atoms with van der Waals surface area (Å²) in [6.07, 6.45) is 10.7. The van der Waals surface area contributed by atoms with Gasteiger partial charge in [0.1, 0.15) is 0 Å². The summed E-state index contributed by atoms with van der Waals surface area (Å²) in [6, 6.07) is 0. The summed E-state index contributed by atoms with van der Waals surface area (Å²) in [6.45, 7) is 8.47. The van der Waals surface area contributed by atoms with Crippen LogP contribution in [0.1, 0.15) is 53.4 Å². The highest BCUT2D eigenvalue weighted by molar-refractivity contribution is 7.99. The molecule has 0 aliphatic rings. The molecule has 0 saturated heterocycles. The first-order valence-electron chi connectivity index (χ1n) is 6.09. The molecular weight excluding hydrogens is 216 g/mol. The van der Waals surface area contributed by atoms with Gasteiger partial charge in [0.25, 0.3) is 0 Å². The fraction of sp³-hybridized carbons (Fsp3) is 0.786. The molecule has 0 heterocycles. The van der Waals surface area contributed by atoms with E-state index in [-0.39, 0.29) is 5.78 Å². The maximum absolute atomic E-state index is 10.7. The third-order valence-corrected chi connectivity index (χ3v) is 4.23. The Morgan fingerprint density at radius 1 is 1.44 bits per heavy atom. The first-order valence-corrected chi connectivity index (χ1v) is 7.32. The van der Waals surface area contributed by atoms with E-state index in [4.69, 9.17) is 0 Å². The molecule has 0 aromatic carbocycles. The van der Waals surface area contributed by atoms with Gasteiger partial charge in [-0.25, -0.2) is 0 Å². The van der Waals surface area contributed by atoms with Crippen molar-refractivity contribution in [3.8, 4) is 0 Å². The Balaban J connectivity index is 3.66. The van der Waals surface area contributed by atoms with Crippen LogP contribution in [0.2, 0.25) is 0 Å². The van der Waals surface area contributed by atoms with Gasteiger partial charge in [0.2, 0.25) is 0 Å². The van der Waals surface area contributed by atoms with Crippen molar-refractivity contribution in [3.63, 3.8) is 0 Å². The third-order valence-electron chi connectivity index (χ3n) is 2.92. The molecule has 1 unspecified atom stereocenters. The van der Waals surface area contributed by atoms with Gasteiger partial charge >= 0.3 is 0 Å². The molecule has 1 atom stereocenters. The van der Waals surface area contributed by atoms with Crippen molar-refractivity contribution in [2.45, 2.75) is 58.1 Å². The van der Waals surface area contributed by atoms with Gasteiger partial charge in [-0.3, -0.25) is 4.79 Å². The van der Waals surface area contributed by atoms with E-state index in [2.05, 4.69) is 27.0 Å². The van der Waals surface area contributed by atoms with Crippen LogP contribution in [-0.2, 0) is 4.79 Å². The Morgan fingerprint density at radius 2 is 2.06 bits per heavy atom. The van der Waals surface area contributed by atoms with Gasteiger partial charge in [0, 0.05) is 4.75 Å². The Kier molecular flexibility index (Phi) is 7.82. The first kappa shape index (κ1) is 15.8. The molecule has 0 rings (SSSR count). The maximum Gasteiger partial charge on any atom is 0.152 e. The first-order chi connectivity index (χ1) is 7.37. The molecule has 0 aliphatic heterocycles. The van der Waals surface area contributed by atoms with Crippen LogP contribution in [0.25, 0.3) is 0 Å². The molecule has 0 saturated carbocycles. The molecule has 0 N–H and O–H groups in total. The van der Waals surface area contributed by atoms with Crippen molar-refractivity contribution >= 4 is 17.5 Å². The summed E-state index contributed by atoms with van der Waals surface area (Å²) in [5, 5.41) is 0. The van der Waals surface area contributed by atoms with E-state index >= 15 is 0 Å². The summed E-state index contributed by atoms with van der Waals surface area (Å²) >= 11 is 1.94. The molecule has 16 heavy (non-hydrogen) atoms. The largest absolute Gasteiger partial charge is 0.295 e. The fourth-order valence-corrected chi connectivity index (χ4v) is 1.91. The van der Waals surface area contributed by atoms with Crippen LogP contribution in [0.4, 0.5) is 0 Å². The van der Waals surface area contributed by atoms with Crippen molar-refractivity contribution in [1.29, 1.82) is 0 Å². The molecule has 0 fully saturated rings. The van der Waals surface area contributed by atoms with Crippen molar-refractivity contribution in [3.05, 3.63) is 12.2 Å². The summed E-state index contributed by atoms with van der Waals surface area (Å²) < 4.78 is 0.412. The average molecular weight is 242 g/mol. The van der Waals surface area contributed by atoms with Crippen molar-refractivity contribution in [2.75, 3.05) is 6.26 Å². The molecule has 1 nitrogen and oxygen atoms in total. The zero-order chi connectivity index (χ0) is 12.6. The number of hydrogen-bond donors (Lipinski definition) is 0. The van der Waals surface area contributed by atoms with E-state index in [1.165, 1.54) is 19.3 Å². The van der Waals surface area contributed by atoms with Gasteiger partial charge in [0.15, 0.2) is 5.78 Å². The Bertz CT molecular complexity index is 231. The lowest BCUT2D eigenvalue weighted by Crippen LogP contribution is -2.13. The molecule has 0 bridgehead atoms. The second kappa shape index (κ2) is 7.94. The van der Waals surface area contributed by atoms with E-state index in [0.717, 1.165) is 6.42 Å². The Morgan fingerprint density at radius 3 is 2.56 bits per heavy atom. The van der Waals surface area contributed by atoms with E-state index < -0.39 is 0 Å². The number of ketones is 1. The van der Waals surface area contributed by atoms with Crippen LogP contribution >= 0.6 is 11.8 Å². The Hall–Kier alpha value is -0.240. The second-order valence-electron chi connectivity index (χ2n) is 5.21. The molecule has 2 heteroatoms. The highest BCUT2D eigenvalue weighted by Crippen LogP contribution is 2.28. The van der Waals surface area contributed by atoms with E-state index in [1.54, 1.807) is 13.0 Å². The van der Waals surface area contributed by atoms with Crippen LogP contribution in [-0.4, -0.2) is 16.8 Å². The zero-order valence-corrected chi connectivity index (χ0v) is 12.2. The number of carbonyl (C=O) groups is 1. The van der Waals surface area contributed by atoms with E-state index in [0.29, 0.717) is 10.7 Å². The highest BCUT2D eigenvalue weighted by atomic mass is 32.2. The zero-order valence-electron chi connectivity index (χ0n) is 11.4. The number of thioether (sulfide) groups is 1. The number of allylic oxidation sites excluding steroid dienone is 2. The smallest absolute Gasteiger partial charge is 0.152 e. The highest BCUT2D eigenvalue weighted by Gasteiger charge is 2.15. The quantitative estimate of drug-likeness (QED) is 0.584. The lowest BCUT2D eigenvalue weighted by Gasteiger charge is -2.22. The van der Waals surface area contributed by atoms with E-state index in [9.17, 15) is 4.79 Å². The lowest BCUT2D eigenvalue weighted by atomic mass is 9.96. The molecule has 0 aliphatic carbocycles. The monoisotopic (exact) mass is 242 g/mol. The van der Waals surface area contributed by atoms with Crippen LogP contribution < -0.4 is 0 Å². The van der Waals surface area contributed by atoms with Gasteiger partial charge in [-0.1, -0.05) is 39.7 Å².